The van der Waals surface area contributed by atoms with Gasteiger partial charge in [-0.25, -0.2) is 4.39 Å². The monoisotopic (exact) mass is 380 g/mol. The number of carbonyl (C=O) groups is 2. The van der Waals surface area contributed by atoms with Gasteiger partial charge in [0.25, 0.3) is 5.91 Å². The largest absolute Gasteiger partial charge is 0.479 e. The second kappa shape index (κ2) is 8.08. The Labute approximate surface area is 163 Å². The van der Waals surface area contributed by atoms with Crippen LogP contribution in [0.25, 0.3) is 6.08 Å². The smallest absolute Gasteiger partial charge is 0.268 e. The summed E-state index contributed by atoms with van der Waals surface area (Å²) in [6, 6.07) is 11.0. The van der Waals surface area contributed by atoms with Crippen LogP contribution in [0.5, 0.6) is 5.75 Å². The van der Waals surface area contributed by atoms with Gasteiger partial charge in [-0.3, -0.25) is 9.59 Å². The topological polar surface area (TPSA) is 58.6 Å². The number of hydrogen-bond donors (Lipinski definition) is 1. The molecule has 1 heterocycles. The third-order valence-corrected chi connectivity index (χ3v) is 4.16. The van der Waals surface area contributed by atoms with E-state index in [1.807, 2.05) is 6.92 Å². The third-order valence-electron chi connectivity index (χ3n) is 4.16. The van der Waals surface area contributed by atoms with E-state index >= 15 is 0 Å². The highest BCUT2D eigenvalue weighted by molar-refractivity contribution is 6.03. The van der Waals surface area contributed by atoms with Gasteiger partial charge in [0.05, 0.1) is 5.69 Å². The molecule has 0 aromatic heterocycles. The van der Waals surface area contributed by atoms with Crippen molar-refractivity contribution in [2.75, 3.05) is 16.8 Å². The van der Waals surface area contributed by atoms with E-state index in [0.29, 0.717) is 29.2 Å². The Kier molecular flexibility index (Phi) is 5.59. The summed E-state index contributed by atoms with van der Waals surface area (Å²) >= 11 is 0. The maximum atomic E-state index is 12.9. The molecule has 144 valence electrons. The van der Waals surface area contributed by atoms with E-state index in [0.717, 1.165) is 5.57 Å². The molecule has 1 aliphatic rings. The van der Waals surface area contributed by atoms with Crippen molar-refractivity contribution in [2.24, 2.45) is 0 Å². The van der Waals surface area contributed by atoms with Crippen molar-refractivity contribution < 1.29 is 18.7 Å². The molecule has 1 aliphatic heterocycles. The number of halogens is 1. The molecule has 0 saturated carbocycles. The summed E-state index contributed by atoms with van der Waals surface area (Å²) in [7, 11) is 0. The fourth-order valence-corrected chi connectivity index (χ4v) is 2.85. The van der Waals surface area contributed by atoms with Crippen LogP contribution in [-0.4, -0.2) is 24.5 Å². The van der Waals surface area contributed by atoms with Crippen molar-refractivity contribution in [1.82, 2.24) is 0 Å². The van der Waals surface area contributed by atoms with Gasteiger partial charge in [0.1, 0.15) is 11.6 Å². The van der Waals surface area contributed by atoms with E-state index in [9.17, 15) is 14.0 Å². The SMILES string of the molecule is C=C(C)CN1C(=O)C(C)Oc2cc(NC(=O)/C=C/c3ccc(F)cc3)ccc21. The van der Waals surface area contributed by atoms with E-state index < -0.39 is 6.10 Å². The number of amides is 2. The zero-order chi connectivity index (χ0) is 20.3. The second-order valence-electron chi connectivity index (χ2n) is 6.70. The van der Waals surface area contributed by atoms with Crippen LogP contribution in [-0.2, 0) is 9.59 Å². The molecule has 3 rings (SSSR count). The molecule has 0 aliphatic carbocycles. The molecule has 2 aromatic rings. The molecule has 2 aromatic carbocycles. The van der Waals surface area contributed by atoms with Gasteiger partial charge < -0.3 is 15.0 Å². The minimum atomic E-state index is -0.615. The lowest BCUT2D eigenvalue weighted by Crippen LogP contribution is -2.45. The Morgan fingerprint density at radius 1 is 1.29 bits per heavy atom. The van der Waals surface area contributed by atoms with E-state index in [4.69, 9.17) is 4.74 Å². The highest BCUT2D eigenvalue weighted by Gasteiger charge is 2.31. The fourth-order valence-electron chi connectivity index (χ4n) is 2.85. The van der Waals surface area contributed by atoms with E-state index in [-0.39, 0.29) is 17.6 Å². The molecule has 6 heteroatoms. The molecule has 28 heavy (non-hydrogen) atoms. The zero-order valence-corrected chi connectivity index (χ0v) is 15.7. The van der Waals surface area contributed by atoms with Crippen molar-refractivity contribution in [3.63, 3.8) is 0 Å². The number of benzene rings is 2. The molecule has 1 N–H and O–H groups in total. The highest BCUT2D eigenvalue weighted by Crippen LogP contribution is 2.36. The minimum Gasteiger partial charge on any atom is -0.479 e. The lowest BCUT2D eigenvalue weighted by molar-refractivity contribution is -0.125. The van der Waals surface area contributed by atoms with Crippen molar-refractivity contribution in [3.8, 4) is 5.75 Å². The Morgan fingerprint density at radius 2 is 2.00 bits per heavy atom. The maximum absolute atomic E-state index is 12.9. The van der Waals surface area contributed by atoms with Crippen LogP contribution in [0, 0.1) is 5.82 Å². The standard InChI is InChI=1S/C22H21FN2O3/c1-14(2)13-25-19-10-9-18(12-20(19)28-15(3)22(25)27)24-21(26)11-6-16-4-7-17(23)8-5-16/h4-12,15H,1,13H2,2-3H3,(H,24,26)/b11-6+. The summed E-state index contributed by atoms with van der Waals surface area (Å²) in [6.07, 6.45) is 2.35. The molecule has 5 nitrogen and oxygen atoms in total. The van der Waals surface area contributed by atoms with Gasteiger partial charge in [0, 0.05) is 24.4 Å². The van der Waals surface area contributed by atoms with Crippen LogP contribution in [0.4, 0.5) is 15.8 Å². The van der Waals surface area contributed by atoms with E-state index in [2.05, 4.69) is 11.9 Å². The Hall–Kier alpha value is -3.41. The minimum absolute atomic E-state index is 0.130. The molecule has 0 saturated heterocycles. The summed E-state index contributed by atoms with van der Waals surface area (Å²) in [5.74, 6) is -0.268. The summed E-state index contributed by atoms with van der Waals surface area (Å²) in [5.41, 5.74) is 2.76. The number of hydrogen-bond acceptors (Lipinski definition) is 3. The van der Waals surface area contributed by atoms with Gasteiger partial charge in [-0.15, -0.1) is 0 Å². The first-order chi connectivity index (χ1) is 13.3. The second-order valence-corrected chi connectivity index (χ2v) is 6.70. The molecule has 2 amide bonds. The molecular weight excluding hydrogens is 359 g/mol. The van der Waals surface area contributed by atoms with E-state index in [1.165, 1.54) is 18.2 Å². The molecule has 0 radical (unpaired) electrons. The number of nitrogens with one attached hydrogen (secondary N) is 1. The van der Waals surface area contributed by atoms with Crippen molar-refractivity contribution in [3.05, 3.63) is 72.1 Å². The van der Waals surface area contributed by atoms with Crippen LogP contribution in [0.1, 0.15) is 19.4 Å². The van der Waals surface area contributed by atoms with Gasteiger partial charge in [-0.05, 0) is 49.8 Å². The predicted octanol–water partition coefficient (Wildman–Crippen LogP) is 4.17. The zero-order valence-electron chi connectivity index (χ0n) is 15.7. The number of nitrogens with zero attached hydrogens (tertiary/aromatic N) is 1. The molecule has 1 unspecified atom stereocenters. The number of rotatable bonds is 5. The first-order valence-electron chi connectivity index (χ1n) is 8.84. The number of fused-ring (bicyclic) bond motifs is 1. The Morgan fingerprint density at radius 3 is 2.68 bits per heavy atom. The van der Waals surface area contributed by atoms with E-state index in [1.54, 1.807) is 48.2 Å². The maximum Gasteiger partial charge on any atom is 0.268 e. The normalized spacial score (nSPS) is 15.9. The molecular formula is C22H21FN2O3. The number of carbonyl (C=O) groups excluding carboxylic acids is 2. The fraction of sp³-hybridized carbons (Fsp3) is 0.182. The van der Waals surface area contributed by atoms with Crippen molar-refractivity contribution in [1.29, 1.82) is 0 Å². The van der Waals surface area contributed by atoms with Crippen molar-refractivity contribution >= 4 is 29.3 Å². The van der Waals surface area contributed by atoms with Crippen LogP contribution in [0.2, 0.25) is 0 Å². The first kappa shape index (κ1) is 19.4. The lowest BCUT2D eigenvalue weighted by Gasteiger charge is -2.33. The average Bonchev–Trinajstić information content (AvgIpc) is 2.64. The Balaban J connectivity index is 1.75. The quantitative estimate of drug-likeness (QED) is 0.626. The Bertz CT molecular complexity index is 951. The third kappa shape index (κ3) is 4.46. The predicted molar refractivity (Wildman–Crippen MR) is 108 cm³/mol. The van der Waals surface area contributed by atoms with Gasteiger partial charge in [0.2, 0.25) is 5.91 Å². The van der Waals surface area contributed by atoms with Gasteiger partial charge in [0.15, 0.2) is 6.10 Å². The van der Waals surface area contributed by atoms with Gasteiger partial charge >= 0.3 is 0 Å². The average molecular weight is 380 g/mol. The van der Waals surface area contributed by atoms with Crippen LogP contribution >= 0.6 is 0 Å². The summed E-state index contributed by atoms with van der Waals surface area (Å²) in [6.45, 7) is 7.82. The molecule has 0 fully saturated rings. The lowest BCUT2D eigenvalue weighted by atomic mass is 10.1. The van der Waals surface area contributed by atoms with Crippen LogP contribution < -0.4 is 15.0 Å². The van der Waals surface area contributed by atoms with Crippen LogP contribution in [0.15, 0.2) is 60.7 Å². The van der Waals surface area contributed by atoms with Crippen LogP contribution in [0.3, 0.4) is 0 Å². The number of ether oxygens (including phenoxy) is 1. The summed E-state index contributed by atoms with van der Waals surface area (Å²) in [4.78, 5) is 26.2. The molecule has 1 atom stereocenters. The summed E-state index contributed by atoms with van der Waals surface area (Å²) < 4.78 is 18.6. The highest BCUT2D eigenvalue weighted by atomic mass is 19.1. The van der Waals surface area contributed by atoms with Gasteiger partial charge in [-0.1, -0.05) is 24.3 Å². The van der Waals surface area contributed by atoms with Crippen molar-refractivity contribution in [2.45, 2.75) is 20.0 Å². The molecule has 0 spiro atoms. The summed E-state index contributed by atoms with van der Waals surface area (Å²) in [5, 5.41) is 2.75. The first-order valence-corrected chi connectivity index (χ1v) is 8.84. The number of anilines is 2. The molecule has 0 bridgehead atoms. The van der Waals surface area contributed by atoms with Gasteiger partial charge in [-0.2, -0.15) is 0 Å².